The second-order valence-electron chi connectivity index (χ2n) is 7.63. The molecule has 0 spiro atoms. The lowest BCUT2D eigenvalue weighted by molar-refractivity contribution is -0.123. The van der Waals surface area contributed by atoms with Gasteiger partial charge in [-0.3, -0.25) is 4.68 Å². The van der Waals surface area contributed by atoms with E-state index >= 15 is 0 Å². The van der Waals surface area contributed by atoms with E-state index in [1.54, 1.807) is 23.3 Å². The van der Waals surface area contributed by atoms with E-state index in [2.05, 4.69) is 20.4 Å². The number of alkyl halides is 3. The predicted molar refractivity (Wildman–Crippen MR) is 108 cm³/mol. The maximum atomic E-state index is 12.4. The molecule has 0 saturated carbocycles. The van der Waals surface area contributed by atoms with Crippen molar-refractivity contribution in [3.63, 3.8) is 0 Å². The molecule has 2 aromatic heterocycles. The molecule has 2 atom stereocenters. The summed E-state index contributed by atoms with van der Waals surface area (Å²) in [6.07, 6.45) is 4.72. The molecule has 4 rings (SSSR count). The molecule has 11 heteroatoms. The van der Waals surface area contributed by atoms with Gasteiger partial charge < -0.3 is 15.5 Å². The molecular weight excluding hydrogens is 399 g/mol. The first-order valence-corrected chi connectivity index (χ1v) is 9.63. The number of halogens is 3. The first-order valence-electron chi connectivity index (χ1n) is 9.63. The van der Waals surface area contributed by atoms with Gasteiger partial charge in [0.1, 0.15) is 6.54 Å². The van der Waals surface area contributed by atoms with Crippen LogP contribution in [0.4, 0.5) is 29.6 Å². The van der Waals surface area contributed by atoms with Gasteiger partial charge in [0.15, 0.2) is 0 Å². The molecule has 8 nitrogen and oxygen atoms in total. The van der Waals surface area contributed by atoms with Crippen molar-refractivity contribution in [3.8, 4) is 0 Å². The predicted octanol–water partition coefficient (Wildman–Crippen LogP) is 3.65. The summed E-state index contributed by atoms with van der Waals surface area (Å²) in [6, 6.07) is -1.06. The molecule has 1 saturated heterocycles. The fourth-order valence-corrected chi connectivity index (χ4v) is 4.03. The Balaban J connectivity index is 0.00000181. The normalized spacial score (nSPS) is 20.8. The Morgan fingerprint density at radius 1 is 1.33 bits per heavy atom. The van der Waals surface area contributed by atoms with Gasteiger partial charge in [0, 0.05) is 28.3 Å². The highest BCUT2D eigenvalue weighted by Gasteiger charge is 2.41. The van der Waals surface area contributed by atoms with Crippen LogP contribution in [-0.2, 0) is 7.05 Å². The van der Waals surface area contributed by atoms with Crippen molar-refractivity contribution >= 4 is 23.2 Å². The average Bonchev–Trinajstić information content (AvgIpc) is 3.20. The number of fused-ring (bicyclic) bond motifs is 2. The SMILES string of the molecule is Cc1cnc(Nc2cnn(C)c2)nc1C1=CC2CCC(C1)N2C(=O)NCC(F)(F)F.[HH].[HH]. The molecule has 2 amide bonds. The summed E-state index contributed by atoms with van der Waals surface area (Å²) in [6.45, 7) is 0.584. The third-order valence-electron chi connectivity index (χ3n) is 5.31. The minimum absolute atomic E-state index is 0. The van der Waals surface area contributed by atoms with E-state index in [4.69, 9.17) is 0 Å². The molecule has 4 heterocycles. The number of nitrogens with one attached hydrogen (secondary N) is 2. The number of nitrogens with zero attached hydrogens (tertiary/aromatic N) is 5. The highest BCUT2D eigenvalue weighted by molar-refractivity contribution is 5.79. The smallest absolute Gasteiger partial charge is 0.329 e. The monoisotopic (exact) mass is 425 g/mol. The number of hydrogen-bond acceptors (Lipinski definition) is 5. The quantitative estimate of drug-likeness (QED) is 0.781. The molecule has 0 radical (unpaired) electrons. The Labute approximate surface area is 174 Å². The lowest BCUT2D eigenvalue weighted by atomic mass is 9.96. The molecule has 2 N–H and O–H groups in total. The number of aromatic nitrogens is 4. The second kappa shape index (κ2) is 7.62. The van der Waals surface area contributed by atoms with Crippen molar-refractivity contribution in [1.82, 2.24) is 30.0 Å². The Morgan fingerprint density at radius 3 is 2.80 bits per heavy atom. The third kappa shape index (κ3) is 4.24. The standard InChI is InChI=1S/C19H22F3N7O.2H2/c1-11-7-23-17(26-13-8-25-28(2)9-13)27-16(11)12-5-14-3-4-15(6-12)29(14)18(30)24-10-19(20,21)22;;/h5,7-9,14-15H,3-4,6,10H2,1-2H3,(H,24,30)(H,23,26,27);2*1H. The first-order chi connectivity index (χ1) is 14.2. The first kappa shape index (κ1) is 20.2. The molecule has 2 aliphatic heterocycles. The van der Waals surface area contributed by atoms with E-state index in [1.807, 2.05) is 25.4 Å². The fraction of sp³-hybridized carbons (Fsp3) is 0.474. The number of rotatable bonds is 4. The van der Waals surface area contributed by atoms with Crippen LogP contribution in [0, 0.1) is 6.92 Å². The second-order valence-corrected chi connectivity index (χ2v) is 7.63. The summed E-state index contributed by atoms with van der Waals surface area (Å²) >= 11 is 0. The van der Waals surface area contributed by atoms with Crippen molar-refractivity contribution in [3.05, 3.63) is 35.9 Å². The maximum Gasteiger partial charge on any atom is 0.405 e. The number of hydrogen-bond donors (Lipinski definition) is 2. The Bertz CT molecular complexity index is 996. The minimum Gasteiger partial charge on any atom is -0.329 e. The molecule has 164 valence electrons. The zero-order valence-electron chi connectivity index (χ0n) is 16.6. The minimum atomic E-state index is -4.43. The highest BCUT2D eigenvalue weighted by atomic mass is 19.4. The maximum absolute atomic E-state index is 12.4. The number of carbonyl (C=O) groups excluding carboxylic acids is 1. The van der Waals surface area contributed by atoms with Gasteiger partial charge >= 0.3 is 12.2 Å². The summed E-state index contributed by atoms with van der Waals surface area (Å²) in [5, 5.41) is 9.20. The van der Waals surface area contributed by atoms with Crippen molar-refractivity contribution in [2.75, 3.05) is 11.9 Å². The van der Waals surface area contributed by atoms with Crippen LogP contribution in [0.1, 0.15) is 33.4 Å². The molecule has 0 aliphatic carbocycles. The number of urea groups is 1. The van der Waals surface area contributed by atoms with Crippen LogP contribution in [0.3, 0.4) is 0 Å². The van der Waals surface area contributed by atoms with E-state index in [0.29, 0.717) is 12.4 Å². The van der Waals surface area contributed by atoms with Gasteiger partial charge in [-0.15, -0.1) is 0 Å². The van der Waals surface area contributed by atoms with E-state index < -0.39 is 18.8 Å². The van der Waals surface area contributed by atoms with E-state index in [9.17, 15) is 18.0 Å². The van der Waals surface area contributed by atoms with Crippen molar-refractivity contribution in [1.29, 1.82) is 0 Å². The van der Waals surface area contributed by atoms with Crippen LogP contribution < -0.4 is 10.6 Å². The largest absolute Gasteiger partial charge is 0.405 e. The zero-order valence-corrected chi connectivity index (χ0v) is 16.6. The van der Waals surface area contributed by atoms with Gasteiger partial charge in [0.25, 0.3) is 0 Å². The number of carbonyl (C=O) groups is 1. The highest BCUT2D eigenvalue weighted by Crippen LogP contribution is 2.39. The topological polar surface area (TPSA) is 88.0 Å². The van der Waals surface area contributed by atoms with Gasteiger partial charge in [0.05, 0.1) is 23.6 Å². The molecule has 2 bridgehead atoms. The Kier molecular flexibility index (Phi) is 5.12. The molecule has 2 unspecified atom stereocenters. The average molecular weight is 425 g/mol. The van der Waals surface area contributed by atoms with Gasteiger partial charge in [-0.1, -0.05) is 6.08 Å². The van der Waals surface area contributed by atoms with Crippen LogP contribution in [-0.4, -0.2) is 55.5 Å². The summed E-state index contributed by atoms with van der Waals surface area (Å²) < 4.78 is 39.0. The lowest BCUT2D eigenvalue weighted by Crippen LogP contribution is -2.50. The summed E-state index contributed by atoms with van der Waals surface area (Å²) in [5.74, 6) is 0.433. The summed E-state index contributed by atoms with van der Waals surface area (Å²) in [7, 11) is 1.81. The van der Waals surface area contributed by atoms with Gasteiger partial charge in [-0.05, 0) is 37.3 Å². The Morgan fingerprint density at radius 2 is 2.13 bits per heavy atom. The van der Waals surface area contributed by atoms with Crippen LogP contribution in [0.15, 0.2) is 24.7 Å². The molecule has 30 heavy (non-hydrogen) atoms. The molecular formula is C19H26F3N7O. The van der Waals surface area contributed by atoms with Crippen molar-refractivity contribution in [2.24, 2.45) is 7.05 Å². The van der Waals surface area contributed by atoms with Gasteiger partial charge in [0.2, 0.25) is 5.95 Å². The number of amides is 2. The third-order valence-corrected chi connectivity index (χ3v) is 5.31. The zero-order chi connectivity index (χ0) is 21.5. The van der Waals surface area contributed by atoms with Crippen LogP contribution >= 0.6 is 0 Å². The molecule has 1 fully saturated rings. The summed E-state index contributed by atoms with van der Waals surface area (Å²) in [4.78, 5) is 22.8. The fourth-order valence-electron chi connectivity index (χ4n) is 4.03. The summed E-state index contributed by atoms with van der Waals surface area (Å²) in [5.41, 5.74) is 3.42. The number of aryl methyl sites for hydroxylation is 2. The van der Waals surface area contributed by atoms with Crippen LogP contribution in [0.2, 0.25) is 0 Å². The van der Waals surface area contributed by atoms with Gasteiger partial charge in [-0.2, -0.15) is 18.3 Å². The van der Waals surface area contributed by atoms with Crippen LogP contribution in [0.25, 0.3) is 5.57 Å². The van der Waals surface area contributed by atoms with E-state index in [0.717, 1.165) is 35.4 Å². The van der Waals surface area contributed by atoms with Crippen molar-refractivity contribution in [2.45, 2.75) is 44.4 Å². The van der Waals surface area contributed by atoms with Gasteiger partial charge in [-0.25, -0.2) is 14.8 Å². The molecule has 2 aromatic rings. The number of anilines is 2. The van der Waals surface area contributed by atoms with E-state index in [-0.39, 0.29) is 14.9 Å². The van der Waals surface area contributed by atoms with Crippen LogP contribution in [0.5, 0.6) is 0 Å². The van der Waals surface area contributed by atoms with E-state index in [1.165, 1.54) is 4.90 Å². The van der Waals surface area contributed by atoms with Crippen molar-refractivity contribution < 1.29 is 20.8 Å². The molecule has 2 aliphatic rings. The lowest BCUT2D eigenvalue weighted by Gasteiger charge is -2.34. The Hall–Kier alpha value is -3.11. The molecule has 0 aromatic carbocycles.